The van der Waals surface area contributed by atoms with Crippen LogP contribution in [0.2, 0.25) is 0 Å². The molecule has 3 saturated heterocycles. The molecule has 6 aromatic rings. The first-order chi connectivity index (χ1) is 47.0. The molecule has 0 bridgehead atoms. The minimum Gasteiger partial charge on any atom is -0.465 e. The zero-order chi connectivity index (χ0) is 69.4. The average Bonchev–Trinajstić information content (AvgIpc) is 1.61. The van der Waals surface area contributed by atoms with E-state index < -0.39 is 64.6 Å². The second-order valence-electron chi connectivity index (χ2n) is 26.7. The summed E-state index contributed by atoms with van der Waals surface area (Å²) < 4.78 is 110. The molecule has 546 valence electrons. The van der Waals surface area contributed by atoms with Crippen molar-refractivity contribution in [2.75, 3.05) is 116 Å². The van der Waals surface area contributed by atoms with Gasteiger partial charge in [-0.05, 0) is 160 Å². The first-order valence-electron chi connectivity index (χ1n) is 33.9. The van der Waals surface area contributed by atoms with Gasteiger partial charge < -0.3 is 49.3 Å². The number of ether oxygens (including phenoxy) is 2. The number of hydrogen-bond donors (Lipinski definition) is 2. The molecule has 16 nitrogen and oxygen atoms in total. The van der Waals surface area contributed by atoms with Gasteiger partial charge in [-0.1, -0.05) is 91.3 Å². The quantitative estimate of drug-likeness (QED) is 0.0415. The topological polar surface area (TPSA) is 159 Å². The van der Waals surface area contributed by atoms with Crippen LogP contribution >= 0.6 is 37.2 Å². The first kappa shape index (κ1) is 79.2. The summed E-state index contributed by atoms with van der Waals surface area (Å²) in [5, 5.41) is 13.9. The molecule has 0 aromatic heterocycles. The van der Waals surface area contributed by atoms with Gasteiger partial charge in [-0.2, -0.15) is 26.3 Å². The molecule has 0 radical (unpaired) electrons. The number of carbonyl (C=O) groups is 5. The van der Waals surface area contributed by atoms with Crippen LogP contribution in [-0.2, 0) is 55.3 Å². The van der Waals surface area contributed by atoms with Crippen molar-refractivity contribution < 1.29 is 69.3 Å². The van der Waals surface area contributed by atoms with E-state index in [4.69, 9.17) is 9.47 Å². The molecule has 1 spiro atoms. The van der Waals surface area contributed by atoms with Gasteiger partial charge in [0.25, 0.3) is 11.8 Å². The summed E-state index contributed by atoms with van der Waals surface area (Å²) >= 11 is 0. The highest BCUT2D eigenvalue weighted by molar-refractivity contribution is 5.97. The lowest BCUT2D eigenvalue weighted by Crippen LogP contribution is -2.50. The molecule has 4 aliphatic heterocycles. The summed E-state index contributed by atoms with van der Waals surface area (Å²) in [6.45, 7) is 5.87. The minimum atomic E-state index is -5.15. The summed E-state index contributed by atoms with van der Waals surface area (Å²) in [5.41, 5.74) is 2.28. The van der Waals surface area contributed by atoms with Crippen LogP contribution in [0.4, 0.5) is 46.9 Å². The maximum absolute atomic E-state index is 14.3. The second-order valence-corrected chi connectivity index (χ2v) is 26.7. The smallest absolute Gasteiger partial charge is 0.416 e. The van der Waals surface area contributed by atoms with E-state index in [1.807, 2.05) is 96.9 Å². The molecule has 2 N–H and O–H groups in total. The number of amides is 5. The lowest BCUT2D eigenvalue weighted by atomic mass is 9.72. The van der Waals surface area contributed by atoms with Crippen LogP contribution in [0.3, 0.4) is 0 Å². The third-order valence-electron chi connectivity index (χ3n) is 20.6. The Morgan fingerprint density at radius 2 is 1.33 bits per heavy atom. The van der Waals surface area contributed by atoms with Crippen LogP contribution in [-0.4, -0.2) is 182 Å². The Balaban J connectivity index is 0.00000432. The summed E-state index contributed by atoms with van der Waals surface area (Å²) in [6.07, 6.45) is -3.65. The zero-order valence-electron chi connectivity index (χ0n) is 56.6. The van der Waals surface area contributed by atoms with Crippen LogP contribution in [0.15, 0.2) is 140 Å². The molecule has 1 aliphatic carbocycles. The minimum absolute atomic E-state index is 0. The Kier molecular flexibility index (Phi) is 27.2. The third-order valence-corrected chi connectivity index (χ3v) is 20.6. The van der Waals surface area contributed by atoms with Crippen molar-refractivity contribution in [1.82, 2.24) is 29.4 Å². The van der Waals surface area contributed by atoms with Crippen molar-refractivity contribution >= 4 is 78.3 Å². The van der Waals surface area contributed by atoms with Crippen molar-refractivity contribution in [3.63, 3.8) is 0 Å². The van der Waals surface area contributed by atoms with Crippen molar-refractivity contribution in [3.05, 3.63) is 190 Å². The number of likely N-dealkylation sites (N-methyl/N-ethyl adjacent to an activating group) is 2. The van der Waals surface area contributed by atoms with Gasteiger partial charge >= 0.3 is 18.4 Å². The van der Waals surface area contributed by atoms with E-state index in [0.717, 1.165) is 78.3 Å². The van der Waals surface area contributed by atoms with E-state index in [2.05, 4.69) is 27.2 Å². The van der Waals surface area contributed by atoms with Crippen LogP contribution in [0.5, 0.6) is 0 Å². The van der Waals surface area contributed by atoms with Gasteiger partial charge in [-0.15, -0.1) is 37.2 Å². The number of unbranched alkanes of at least 4 members (excludes halogenated alkanes) is 2. The van der Waals surface area contributed by atoms with Gasteiger partial charge in [-0.3, -0.25) is 24.1 Å². The highest BCUT2D eigenvalue weighted by Gasteiger charge is 2.50. The molecule has 26 heteroatoms. The van der Waals surface area contributed by atoms with Crippen molar-refractivity contribution in [1.29, 1.82) is 0 Å². The molecule has 4 heterocycles. The number of fused-ring (bicyclic) bond motifs is 3. The fourth-order valence-corrected chi connectivity index (χ4v) is 14.9. The molecule has 2 atom stereocenters. The van der Waals surface area contributed by atoms with Crippen LogP contribution in [0, 0.1) is 5.82 Å². The van der Waals surface area contributed by atoms with E-state index in [9.17, 15) is 59.8 Å². The molecule has 6 aromatic carbocycles. The van der Waals surface area contributed by atoms with Crippen molar-refractivity contribution in [2.24, 2.45) is 0 Å². The van der Waals surface area contributed by atoms with E-state index in [1.54, 1.807) is 16.8 Å². The predicted octanol–water partition coefficient (Wildman–Crippen LogP) is 14.1. The Morgan fingerprint density at radius 1 is 0.673 bits per heavy atom. The molecule has 0 unspecified atom stereocenters. The highest BCUT2D eigenvalue weighted by atomic mass is 35.5. The third kappa shape index (κ3) is 18.8. The van der Waals surface area contributed by atoms with E-state index in [1.165, 1.54) is 34.7 Å². The number of rotatable bonds is 25. The number of piperidine rings is 2. The van der Waals surface area contributed by atoms with Crippen LogP contribution in [0.1, 0.15) is 118 Å². The van der Waals surface area contributed by atoms with Gasteiger partial charge in [0.15, 0.2) is 0 Å². The van der Waals surface area contributed by atoms with E-state index in [-0.39, 0.29) is 92.7 Å². The lowest BCUT2D eigenvalue weighted by molar-refractivity contribution is -0.143. The molecular formula is C75H88Cl3F7N8O8. The number of nitrogens with zero attached hydrogens (tertiary/aromatic N) is 7. The maximum Gasteiger partial charge on any atom is 0.416 e. The van der Waals surface area contributed by atoms with Gasteiger partial charge in [0, 0.05) is 113 Å². The van der Waals surface area contributed by atoms with E-state index in [0.29, 0.717) is 126 Å². The summed E-state index contributed by atoms with van der Waals surface area (Å²) in [7, 11) is 3.59. The summed E-state index contributed by atoms with van der Waals surface area (Å²) in [4.78, 5) is 79.4. The predicted molar refractivity (Wildman–Crippen MR) is 380 cm³/mol. The number of hydrogen-bond acceptors (Lipinski definition) is 10. The van der Waals surface area contributed by atoms with Gasteiger partial charge in [-0.25, -0.2) is 9.18 Å². The van der Waals surface area contributed by atoms with Crippen LogP contribution < -0.4 is 10.2 Å². The Bertz CT molecular complexity index is 3770. The second kappa shape index (κ2) is 34.6. The SMILES string of the molecule is CN(CCN1CCC(N(C(=O)O)c2ccccc2-c2ccccc2)CC1)C(=O)CCCCCNc1ccc2c(c1)CCN(CCCN(C)C(=O)CO[C@H]1Cc3ccccc3C13CCN(CC[C@]1(c4ccc(F)cc4)CN(C(=O)c4cc(C(F)(F)F)cc(C(F)(F)F)c4)CO1)CC3)C2=O.Cl.Cl.Cl. The number of benzene rings is 6. The standard InChI is InChI=1S/C75H85F7N8O8.3ClH/c1-84(34-13-35-88-38-27-53-46-60(25-26-63(53)70(88)94)83-33-12-4-7-20-67(91)85(2)42-43-86-36-28-61(29-37-86)90(71(95)96)65-19-11-9-17-62(65)52-14-5-3-6-15-52)68(92)49-97-66-47-54-16-8-10-18-64(54)72(66)30-39-87(40-31-72)41-32-73(56-21-23-59(76)24-22-56)50-89(51-98-73)69(93)55-44-57(74(77,78)79)48-58(45-55)75(80,81)82;;;/h3,5-6,8-11,14-19,21-26,44-46,48,61,66,83H,4,7,12-13,20,27-43,47,49-51H2,1-2H3,(H,95,96);3*1H/t66-,73+;;;/m0.../s1. The Labute approximate surface area is 603 Å². The monoisotopic (exact) mass is 1470 g/mol. The summed E-state index contributed by atoms with van der Waals surface area (Å²) in [5.74, 6) is -1.72. The summed E-state index contributed by atoms with van der Waals surface area (Å²) in [6, 6.07) is 37.6. The molecule has 5 aliphatic rings. The maximum atomic E-state index is 14.3. The molecule has 3 fully saturated rings. The van der Waals surface area contributed by atoms with Crippen molar-refractivity contribution in [2.45, 2.75) is 113 Å². The first-order valence-corrected chi connectivity index (χ1v) is 33.9. The van der Waals surface area contributed by atoms with Gasteiger partial charge in [0.1, 0.15) is 24.8 Å². The number of likely N-dealkylation sites (tertiary alicyclic amines) is 2. The number of alkyl halides is 6. The van der Waals surface area contributed by atoms with E-state index >= 15 is 0 Å². The largest absolute Gasteiger partial charge is 0.465 e. The fraction of sp³-hybridized carbons (Fsp3) is 0.453. The van der Waals surface area contributed by atoms with Crippen molar-refractivity contribution in [3.8, 4) is 11.1 Å². The molecular weight excluding hydrogens is 1380 g/mol. The number of anilines is 2. The lowest BCUT2D eigenvalue weighted by Gasteiger charge is -2.44. The number of nitrogens with one attached hydrogen (secondary N) is 1. The Morgan fingerprint density at radius 3 is 2.02 bits per heavy atom. The zero-order valence-corrected chi connectivity index (χ0v) is 59.1. The van der Waals surface area contributed by atoms with Gasteiger partial charge in [0.05, 0.1) is 29.5 Å². The number of para-hydroxylation sites is 1. The van der Waals surface area contributed by atoms with Crippen LogP contribution in [0.25, 0.3) is 11.1 Å². The fourth-order valence-electron chi connectivity index (χ4n) is 14.9. The number of halogens is 10. The van der Waals surface area contributed by atoms with Gasteiger partial charge in [0.2, 0.25) is 11.8 Å². The normalized spacial score (nSPS) is 18.4. The molecule has 5 amide bonds. The average molecular weight is 1470 g/mol. The highest BCUT2D eigenvalue weighted by Crippen LogP contribution is 2.49. The number of carbonyl (C=O) groups excluding carboxylic acids is 4. The molecule has 0 saturated carbocycles. The molecule has 101 heavy (non-hydrogen) atoms. The number of carboxylic acid groups (broad SMARTS) is 1. The molecule has 11 rings (SSSR count). The Hall–Kier alpha value is -7.51.